The van der Waals surface area contributed by atoms with Gasteiger partial charge in [-0.1, -0.05) is 13.8 Å². The van der Waals surface area contributed by atoms with Gasteiger partial charge in [0, 0.05) is 24.9 Å². The van der Waals surface area contributed by atoms with Gasteiger partial charge in [0.1, 0.15) is 0 Å². The molecular formula is C17H24N4O2. The average molecular weight is 316 g/mol. The summed E-state index contributed by atoms with van der Waals surface area (Å²) in [5.74, 6) is 0.519. The second kappa shape index (κ2) is 7.26. The molecule has 2 rings (SSSR count). The van der Waals surface area contributed by atoms with E-state index in [1.165, 1.54) is 12.3 Å². The second-order valence-corrected chi connectivity index (χ2v) is 6.14. The molecule has 0 bridgehead atoms. The summed E-state index contributed by atoms with van der Waals surface area (Å²) in [5.41, 5.74) is 3.20. The Morgan fingerprint density at radius 3 is 2.78 bits per heavy atom. The number of pyridine rings is 1. The van der Waals surface area contributed by atoms with Crippen LogP contribution in [-0.2, 0) is 17.8 Å². The summed E-state index contributed by atoms with van der Waals surface area (Å²) in [5, 5.41) is 16.8. The zero-order valence-electron chi connectivity index (χ0n) is 14.1. The van der Waals surface area contributed by atoms with Gasteiger partial charge in [0.05, 0.1) is 5.69 Å². The molecule has 124 valence electrons. The summed E-state index contributed by atoms with van der Waals surface area (Å²) in [6, 6.07) is 3.10. The molecule has 2 aromatic rings. The van der Waals surface area contributed by atoms with Crippen molar-refractivity contribution in [2.24, 2.45) is 5.92 Å². The minimum atomic E-state index is -0.172. The van der Waals surface area contributed by atoms with Gasteiger partial charge < -0.3 is 10.4 Å². The van der Waals surface area contributed by atoms with Crippen LogP contribution >= 0.6 is 0 Å². The summed E-state index contributed by atoms with van der Waals surface area (Å²) in [6.07, 6.45) is 2.47. The van der Waals surface area contributed by atoms with Crippen LogP contribution < -0.4 is 5.32 Å². The maximum absolute atomic E-state index is 12.1. The molecular weight excluding hydrogens is 292 g/mol. The van der Waals surface area contributed by atoms with Crippen LogP contribution in [-0.4, -0.2) is 25.8 Å². The number of amides is 1. The molecule has 0 saturated heterocycles. The van der Waals surface area contributed by atoms with Gasteiger partial charge in [0.15, 0.2) is 11.6 Å². The highest BCUT2D eigenvalue weighted by Gasteiger charge is 2.14. The lowest BCUT2D eigenvalue weighted by Gasteiger charge is -2.08. The van der Waals surface area contributed by atoms with E-state index in [1.807, 2.05) is 18.5 Å². The average Bonchev–Trinajstić information content (AvgIpc) is 2.73. The lowest BCUT2D eigenvalue weighted by molar-refractivity contribution is -0.116. The lowest BCUT2D eigenvalue weighted by Crippen LogP contribution is -2.14. The van der Waals surface area contributed by atoms with Gasteiger partial charge in [-0.25, -0.2) is 4.98 Å². The first-order valence-electron chi connectivity index (χ1n) is 7.85. The molecule has 2 aromatic heterocycles. The van der Waals surface area contributed by atoms with Gasteiger partial charge in [0.25, 0.3) is 0 Å². The van der Waals surface area contributed by atoms with Gasteiger partial charge >= 0.3 is 0 Å². The van der Waals surface area contributed by atoms with E-state index in [4.69, 9.17) is 0 Å². The van der Waals surface area contributed by atoms with Crippen molar-refractivity contribution >= 4 is 11.7 Å². The summed E-state index contributed by atoms with van der Waals surface area (Å²) < 4.78 is 2.01. The zero-order valence-corrected chi connectivity index (χ0v) is 14.1. The Labute approximate surface area is 136 Å². The Kier molecular flexibility index (Phi) is 5.36. The number of carbonyl (C=O) groups is 1. The van der Waals surface area contributed by atoms with Crippen LogP contribution in [0.5, 0.6) is 5.75 Å². The van der Waals surface area contributed by atoms with Crippen LogP contribution in [0.2, 0.25) is 0 Å². The summed E-state index contributed by atoms with van der Waals surface area (Å²) >= 11 is 0. The number of hydrogen-bond donors (Lipinski definition) is 2. The van der Waals surface area contributed by atoms with Crippen molar-refractivity contribution in [2.45, 2.75) is 47.1 Å². The third kappa shape index (κ3) is 4.31. The van der Waals surface area contributed by atoms with E-state index in [0.717, 1.165) is 23.5 Å². The van der Waals surface area contributed by atoms with Gasteiger partial charge in [-0.15, -0.1) is 0 Å². The standard InChI is InChI=1S/C17H24N4O2/c1-11(2)10-21-13(4)14(12(3)20-21)7-8-16(23)19-17-15(22)6-5-9-18-17/h5-6,9,11,22H,7-8,10H2,1-4H3,(H,18,19,23). The number of nitrogens with one attached hydrogen (secondary N) is 1. The van der Waals surface area contributed by atoms with Crippen molar-refractivity contribution in [3.63, 3.8) is 0 Å². The molecule has 2 N–H and O–H groups in total. The van der Waals surface area contributed by atoms with E-state index in [2.05, 4.69) is 29.2 Å². The first-order chi connectivity index (χ1) is 10.9. The molecule has 23 heavy (non-hydrogen) atoms. The third-order valence-corrected chi connectivity index (χ3v) is 3.72. The summed E-state index contributed by atoms with van der Waals surface area (Å²) in [6.45, 7) is 9.20. The Balaban J connectivity index is 1.99. The van der Waals surface area contributed by atoms with Crippen molar-refractivity contribution in [3.05, 3.63) is 35.3 Å². The molecule has 0 aliphatic heterocycles. The van der Waals surface area contributed by atoms with Crippen LogP contribution in [0.4, 0.5) is 5.82 Å². The molecule has 0 unspecified atom stereocenters. The fourth-order valence-corrected chi connectivity index (χ4v) is 2.55. The number of carbonyl (C=O) groups excluding carboxylic acids is 1. The Morgan fingerprint density at radius 1 is 1.39 bits per heavy atom. The van der Waals surface area contributed by atoms with Crippen molar-refractivity contribution < 1.29 is 9.90 Å². The number of nitrogens with zero attached hydrogens (tertiary/aromatic N) is 3. The second-order valence-electron chi connectivity index (χ2n) is 6.14. The number of rotatable bonds is 6. The Hall–Kier alpha value is -2.37. The van der Waals surface area contributed by atoms with Crippen LogP contribution in [0, 0.1) is 19.8 Å². The fourth-order valence-electron chi connectivity index (χ4n) is 2.55. The molecule has 0 saturated carbocycles. The van der Waals surface area contributed by atoms with Crippen LogP contribution in [0.3, 0.4) is 0 Å². The number of aromatic nitrogens is 3. The maximum atomic E-state index is 12.1. The highest BCUT2D eigenvalue weighted by Crippen LogP contribution is 2.20. The van der Waals surface area contributed by atoms with Crippen LogP contribution in [0.1, 0.15) is 37.2 Å². The predicted molar refractivity (Wildman–Crippen MR) is 89.4 cm³/mol. The van der Waals surface area contributed by atoms with Gasteiger partial charge in [-0.05, 0) is 43.9 Å². The number of aryl methyl sites for hydroxylation is 1. The highest BCUT2D eigenvalue weighted by atomic mass is 16.3. The quantitative estimate of drug-likeness (QED) is 0.859. The minimum Gasteiger partial charge on any atom is -0.504 e. The number of aromatic hydroxyl groups is 1. The van der Waals surface area contributed by atoms with Crippen molar-refractivity contribution in [2.75, 3.05) is 5.32 Å². The van der Waals surface area contributed by atoms with Gasteiger partial charge in [-0.2, -0.15) is 5.10 Å². The summed E-state index contributed by atoms with van der Waals surface area (Å²) in [7, 11) is 0. The molecule has 0 aliphatic rings. The van der Waals surface area contributed by atoms with E-state index in [9.17, 15) is 9.90 Å². The van der Waals surface area contributed by atoms with Crippen molar-refractivity contribution in [3.8, 4) is 5.75 Å². The van der Waals surface area contributed by atoms with E-state index >= 15 is 0 Å². The Morgan fingerprint density at radius 2 is 2.13 bits per heavy atom. The first-order valence-corrected chi connectivity index (χ1v) is 7.85. The molecule has 1 amide bonds. The number of hydrogen-bond acceptors (Lipinski definition) is 4. The molecule has 6 heteroatoms. The Bertz CT molecular complexity index is 692. The largest absolute Gasteiger partial charge is 0.504 e. The highest BCUT2D eigenvalue weighted by molar-refractivity contribution is 5.91. The van der Waals surface area contributed by atoms with E-state index < -0.39 is 0 Å². The molecule has 0 atom stereocenters. The smallest absolute Gasteiger partial charge is 0.225 e. The zero-order chi connectivity index (χ0) is 17.0. The van der Waals surface area contributed by atoms with Crippen molar-refractivity contribution in [1.82, 2.24) is 14.8 Å². The normalized spacial score (nSPS) is 11.0. The molecule has 0 aromatic carbocycles. The molecule has 0 fully saturated rings. The van der Waals surface area contributed by atoms with Gasteiger partial charge in [0.2, 0.25) is 5.91 Å². The maximum Gasteiger partial charge on any atom is 0.225 e. The predicted octanol–water partition coefficient (Wildman–Crippen LogP) is 2.83. The van der Waals surface area contributed by atoms with Gasteiger partial charge in [-0.3, -0.25) is 9.48 Å². The fraction of sp³-hybridized carbons (Fsp3) is 0.471. The molecule has 0 radical (unpaired) electrons. The van der Waals surface area contributed by atoms with E-state index in [0.29, 0.717) is 18.8 Å². The lowest BCUT2D eigenvalue weighted by atomic mass is 10.1. The van der Waals surface area contributed by atoms with Crippen LogP contribution in [0.15, 0.2) is 18.3 Å². The first kappa shape index (κ1) is 17.0. The monoisotopic (exact) mass is 316 g/mol. The van der Waals surface area contributed by atoms with E-state index in [1.54, 1.807) is 6.07 Å². The molecule has 0 aliphatic carbocycles. The topological polar surface area (TPSA) is 80.0 Å². The molecule has 6 nitrogen and oxygen atoms in total. The third-order valence-electron chi connectivity index (χ3n) is 3.72. The van der Waals surface area contributed by atoms with Crippen LogP contribution in [0.25, 0.3) is 0 Å². The SMILES string of the molecule is Cc1nn(CC(C)C)c(C)c1CCC(=O)Nc1ncccc1O. The molecule has 0 spiro atoms. The van der Waals surface area contributed by atoms with Crippen molar-refractivity contribution in [1.29, 1.82) is 0 Å². The molecule has 2 heterocycles. The number of anilines is 1. The minimum absolute atomic E-state index is 0.0297. The summed E-state index contributed by atoms with van der Waals surface area (Å²) in [4.78, 5) is 16.0. The van der Waals surface area contributed by atoms with E-state index in [-0.39, 0.29) is 17.5 Å².